The van der Waals surface area contributed by atoms with Gasteiger partial charge in [0.1, 0.15) is 0 Å². The first-order chi connectivity index (χ1) is 7.45. The number of allylic oxidation sites excluding steroid dienone is 5. The molecule has 0 fully saturated rings. The smallest absolute Gasteiger partial charge is 0.00376 e. The first-order valence-electron chi connectivity index (χ1n) is 6.14. The SMILES string of the molecule is CC=CC(C)(C)C1C=C(SC(C)C)C=CC1. The van der Waals surface area contributed by atoms with Gasteiger partial charge < -0.3 is 0 Å². The van der Waals surface area contributed by atoms with E-state index in [0.717, 1.165) is 0 Å². The Morgan fingerprint density at radius 3 is 2.69 bits per heavy atom. The predicted octanol–water partition coefficient (Wildman–Crippen LogP) is 5.19. The molecule has 0 amide bonds. The third-order valence-electron chi connectivity index (χ3n) is 2.96. The Morgan fingerprint density at radius 1 is 1.44 bits per heavy atom. The van der Waals surface area contributed by atoms with Gasteiger partial charge in [-0.25, -0.2) is 0 Å². The Balaban J connectivity index is 2.77. The maximum atomic E-state index is 2.45. The van der Waals surface area contributed by atoms with E-state index in [2.05, 4.69) is 65.0 Å². The molecule has 0 saturated heterocycles. The van der Waals surface area contributed by atoms with Crippen LogP contribution < -0.4 is 0 Å². The van der Waals surface area contributed by atoms with E-state index in [1.165, 1.54) is 11.3 Å². The van der Waals surface area contributed by atoms with Crippen molar-refractivity contribution >= 4 is 11.8 Å². The third kappa shape index (κ3) is 3.86. The summed E-state index contributed by atoms with van der Waals surface area (Å²) in [6, 6.07) is 0. The van der Waals surface area contributed by atoms with E-state index in [-0.39, 0.29) is 5.41 Å². The zero-order valence-electron chi connectivity index (χ0n) is 11.2. The summed E-state index contributed by atoms with van der Waals surface area (Å²) in [5.41, 5.74) is 0.266. The van der Waals surface area contributed by atoms with Crippen molar-refractivity contribution in [3.8, 4) is 0 Å². The average molecular weight is 236 g/mol. The van der Waals surface area contributed by atoms with Crippen LogP contribution in [0.2, 0.25) is 0 Å². The molecule has 0 radical (unpaired) electrons. The molecule has 1 unspecified atom stereocenters. The summed E-state index contributed by atoms with van der Waals surface area (Å²) < 4.78 is 0. The van der Waals surface area contributed by atoms with E-state index < -0.39 is 0 Å². The summed E-state index contributed by atoms with van der Waals surface area (Å²) in [6.07, 6.45) is 12.7. The van der Waals surface area contributed by atoms with Gasteiger partial charge in [-0.15, -0.1) is 11.8 Å². The van der Waals surface area contributed by atoms with Gasteiger partial charge in [-0.1, -0.05) is 58.1 Å². The molecule has 90 valence electrons. The molecule has 0 saturated carbocycles. The summed E-state index contributed by atoms with van der Waals surface area (Å²) in [7, 11) is 0. The van der Waals surface area contributed by atoms with E-state index in [0.29, 0.717) is 11.2 Å². The van der Waals surface area contributed by atoms with Crippen molar-refractivity contribution < 1.29 is 0 Å². The molecule has 1 atom stereocenters. The van der Waals surface area contributed by atoms with Crippen molar-refractivity contribution in [2.75, 3.05) is 0 Å². The zero-order chi connectivity index (χ0) is 12.2. The molecule has 0 heterocycles. The largest absolute Gasteiger partial charge is 0.124 e. The van der Waals surface area contributed by atoms with E-state index in [4.69, 9.17) is 0 Å². The summed E-state index contributed by atoms with van der Waals surface area (Å²) in [4.78, 5) is 1.43. The first kappa shape index (κ1) is 13.6. The molecule has 1 aliphatic carbocycles. The lowest BCUT2D eigenvalue weighted by Crippen LogP contribution is -2.21. The van der Waals surface area contributed by atoms with Gasteiger partial charge in [0, 0.05) is 10.2 Å². The Labute approximate surface area is 105 Å². The normalized spacial score (nSPS) is 21.9. The monoisotopic (exact) mass is 236 g/mol. The van der Waals surface area contributed by atoms with Gasteiger partial charge in [0.25, 0.3) is 0 Å². The predicted molar refractivity (Wildman–Crippen MR) is 76.7 cm³/mol. The average Bonchev–Trinajstić information content (AvgIpc) is 2.17. The fraction of sp³-hybridized carbons (Fsp3) is 0.600. The van der Waals surface area contributed by atoms with Crippen LogP contribution in [0.5, 0.6) is 0 Å². The zero-order valence-corrected chi connectivity index (χ0v) is 12.0. The van der Waals surface area contributed by atoms with Crippen LogP contribution in [0, 0.1) is 11.3 Å². The summed E-state index contributed by atoms with van der Waals surface area (Å²) in [6.45, 7) is 11.3. The van der Waals surface area contributed by atoms with E-state index in [1.54, 1.807) is 0 Å². The molecular weight excluding hydrogens is 212 g/mol. The topological polar surface area (TPSA) is 0 Å². The lowest BCUT2D eigenvalue weighted by Gasteiger charge is -2.31. The maximum absolute atomic E-state index is 2.45. The Morgan fingerprint density at radius 2 is 2.12 bits per heavy atom. The molecule has 0 bridgehead atoms. The minimum absolute atomic E-state index is 0.266. The first-order valence-corrected chi connectivity index (χ1v) is 7.02. The highest BCUT2D eigenvalue weighted by molar-refractivity contribution is 8.03. The molecule has 1 heteroatoms. The van der Waals surface area contributed by atoms with Crippen LogP contribution in [-0.2, 0) is 0 Å². The highest BCUT2D eigenvalue weighted by Crippen LogP contribution is 2.38. The van der Waals surface area contributed by atoms with Gasteiger partial charge >= 0.3 is 0 Å². The van der Waals surface area contributed by atoms with Gasteiger partial charge in [0.05, 0.1) is 0 Å². The Bertz CT molecular complexity index is 305. The van der Waals surface area contributed by atoms with Crippen molar-refractivity contribution in [3.63, 3.8) is 0 Å². The molecule has 1 aliphatic rings. The van der Waals surface area contributed by atoms with Crippen LogP contribution in [0.3, 0.4) is 0 Å². The van der Waals surface area contributed by atoms with Crippen molar-refractivity contribution in [3.05, 3.63) is 35.3 Å². The molecule has 1 rings (SSSR count). The molecule has 0 aromatic carbocycles. The maximum Gasteiger partial charge on any atom is 0.00376 e. The molecule has 16 heavy (non-hydrogen) atoms. The second-order valence-electron chi connectivity index (χ2n) is 5.30. The molecule has 0 nitrogen and oxygen atoms in total. The summed E-state index contributed by atoms with van der Waals surface area (Å²) in [5.74, 6) is 0.634. The van der Waals surface area contributed by atoms with Crippen molar-refractivity contribution in [2.45, 2.75) is 46.3 Å². The van der Waals surface area contributed by atoms with Gasteiger partial charge in [-0.05, 0) is 24.7 Å². The van der Waals surface area contributed by atoms with Crippen LogP contribution >= 0.6 is 11.8 Å². The van der Waals surface area contributed by atoms with Gasteiger partial charge in [0.15, 0.2) is 0 Å². The summed E-state index contributed by atoms with van der Waals surface area (Å²) >= 11 is 1.96. The third-order valence-corrected chi connectivity index (χ3v) is 3.98. The molecule has 0 aliphatic heterocycles. The fourth-order valence-electron chi connectivity index (χ4n) is 2.08. The highest BCUT2D eigenvalue weighted by Gasteiger charge is 2.25. The van der Waals surface area contributed by atoms with Crippen LogP contribution in [-0.4, -0.2) is 5.25 Å². The van der Waals surface area contributed by atoms with E-state index in [1.807, 2.05) is 11.8 Å². The second kappa shape index (κ2) is 5.77. The van der Waals surface area contributed by atoms with Crippen molar-refractivity contribution in [1.82, 2.24) is 0 Å². The quantitative estimate of drug-likeness (QED) is 0.605. The molecule has 0 N–H and O–H groups in total. The van der Waals surface area contributed by atoms with Crippen LogP contribution in [0.1, 0.15) is 41.0 Å². The minimum Gasteiger partial charge on any atom is -0.124 e. The molecule has 0 aromatic heterocycles. The van der Waals surface area contributed by atoms with E-state index in [9.17, 15) is 0 Å². The van der Waals surface area contributed by atoms with Crippen LogP contribution in [0.25, 0.3) is 0 Å². The Hall–Kier alpha value is -0.430. The van der Waals surface area contributed by atoms with Crippen LogP contribution in [0.4, 0.5) is 0 Å². The number of rotatable bonds is 4. The Kier molecular flexibility index (Phi) is 4.91. The second-order valence-corrected chi connectivity index (χ2v) is 6.95. The fourth-order valence-corrected chi connectivity index (χ4v) is 3.04. The molecular formula is C15H24S. The highest BCUT2D eigenvalue weighted by atomic mass is 32.2. The van der Waals surface area contributed by atoms with Gasteiger partial charge in [-0.3, -0.25) is 0 Å². The summed E-state index contributed by atoms with van der Waals surface area (Å²) in [5, 5.41) is 0.666. The minimum atomic E-state index is 0.266. The van der Waals surface area contributed by atoms with Crippen LogP contribution in [0.15, 0.2) is 35.3 Å². The van der Waals surface area contributed by atoms with E-state index >= 15 is 0 Å². The van der Waals surface area contributed by atoms with Crippen molar-refractivity contribution in [1.29, 1.82) is 0 Å². The number of thioether (sulfide) groups is 1. The number of hydrogen-bond donors (Lipinski definition) is 0. The lowest BCUT2D eigenvalue weighted by molar-refractivity contribution is 0.343. The van der Waals surface area contributed by atoms with Gasteiger partial charge in [-0.2, -0.15) is 0 Å². The van der Waals surface area contributed by atoms with Crippen molar-refractivity contribution in [2.24, 2.45) is 11.3 Å². The standard InChI is InChI=1S/C15H24S/c1-6-10-15(4,5)13-8-7-9-14(11-13)16-12(2)3/h6-7,9-13H,8H2,1-5H3. The molecule has 0 aromatic rings. The van der Waals surface area contributed by atoms with Gasteiger partial charge in [0.2, 0.25) is 0 Å². The molecule has 0 spiro atoms. The number of hydrogen-bond acceptors (Lipinski definition) is 1. The lowest BCUT2D eigenvalue weighted by atomic mass is 9.75.